The molecule has 1 aromatic carbocycles. The Morgan fingerprint density at radius 2 is 2.10 bits per heavy atom. The molecule has 1 fully saturated rings. The van der Waals surface area contributed by atoms with Crippen LogP contribution < -0.4 is 0 Å². The topological polar surface area (TPSA) is 59.2 Å². The summed E-state index contributed by atoms with van der Waals surface area (Å²) < 4.78 is 5.48. The highest BCUT2D eigenvalue weighted by Gasteiger charge is 2.27. The van der Waals surface area contributed by atoms with E-state index in [1.54, 1.807) is 31.2 Å². The first kappa shape index (κ1) is 14.1. The zero-order chi connectivity index (χ0) is 14.8. The van der Waals surface area contributed by atoms with Gasteiger partial charge in [-0.2, -0.15) is 0 Å². The number of halogens is 1. The average Bonchev–Trinajstić information content (AvgIpc) is 2.93. The zero-order valence-electron chi connectivity index (χ0n) is 11.8. The van der Waals surface area contributed by atoms with Crippen LogP contribution in [0.3, 0.4) is 0 Å². The number of aryl methyl sites for hydroxylation is 1. The molecule has 6 heteroatoms. The number of aromatic nitrogens is 2. The molecule has 21 heavy (non-hydrogen) atoms. The molecule has 0 unspecified atom stereocenters. The predicted molar refractivity (Wildman–Crippen MR) is 78.4 cm³/mol. The second-order valence-corrected chi connectivity index (χ2v) is 5.67. The second kappa shape index (κ2) is 5.85. The summed E-state index contributed by atoms with van der Waals surface area (Å²) in [5.74, 6) is 1.54. The van der Waals surface area contributed by atoms with E-state index in [0.29, 0.717) is 35.5 Å². The summed E-state index contributed by atoms with van der Waals surface area (Å²) in [5.41, 5.74) is 0.634. The minimum atomic E-state index is 0.0256. The summed E-state index contributed by atoms with van der Waals surface area (Å²) in [5, 5.41) is 8.51. The van der Waals surface area contributed by atoms with E-state index in [-0.39, 0.29) is 11.8 Å². The van der Waals surface area contributed by atoms with Crippen LogP contribution in [0.1, 0.15) is 40.9 Å². The Morgan fingerprint density at radius 3 is 2.71 bits per heavy atom. The zero-order valence-corrected chi connectivity index (χ0v) is 12.5. The molecule has 1 saturated heterocycles. The van der Waals surface area contributed by atoms with Gasteiger partial charge in [-0.3, -0.25) is 4.79 Å². The lowest BCUT2D eigenvalue weighted by molar-refractivity contribution is 0.0706. The van der Waals surface area contributed by atoms with Gasteiger partial charge >= 0.3 is 0 Å². The van der Waals surface area contributed by atoms with Crippen molar-refractivity contribution in [1.82, 2.24) is 15.1 Å². The van der Waals surface area contributed by atoms with Crippen LogP contribution >= 0.6 is 11.6 Å². The molecule has 0 spiro atoms. The van der Waals surface area contributed by atoms with Gasteiger partial charge in [0, 0.05) is 36.5 Å². The van der Waals surface area contributed by atoms with Crippen LogP contribution in [0.15, 0.2) is 28.7 Å². The first-order valence-electron chi connectivity index (χ1n) is 6.98. The Morgan fingerprint density at radius 1 is 1.33 bits per heavy atom. The van der Waals surface area contributed by atoms with Crippen molar-refractivity contribution in [1.29, 1.82) is 0 Å². The molecule has 0 saturated carbocycles. The van der Waals surface area contributed by atoms with Crippen molar-refractivity contribution in [2.75, 3.05) is 13.1 Å². The third-order valence-corrected chi connectivity index (χ3v) is 3.98. The van der Waals surface area contributed by atoms with Gasteiger partial charge in [0.1, 0.15) is 0 Å². The number of rotatable bonds is 2. The number of piperidine rings is 1. The molecule has 1 aliphatic rings. The Labute approximate surface area is 127 Å². The summed E-state index contributed by atoms with van der Waals surface area (Å²) in [6, 6.07) is 7.06. The van der Waals surface area contributed by atoms with Gasteiger partial charge in [0.2, 0.25) is 11.8 Å². The van der Waals surface area contributed by atoms with E-state index in [4.69, 9.17) is 16.0 Å². The average molecular weight is 306 g/mol. The minimum Gasteiger partial charge on any atom is -0.425 e. The monoisotopic (exact) mass is 305 g/mol. The number of hydrogen-bond donors (Lipinski definition) is 0. The Kier molecular flexibility index (Phi) is 3.92. The van der Waals surface area contributed by atoms with Crippen LogP contribution in [0.2, 0.25) is 5.02 Å². The molecule has 1 aliphatic heterocycles. The van der Waals surface area contributed by atoms with Crippen molar-refractivity contribution in [3.63, 3.8) is 0 Å². The quantitative estimate of drug-likeness (QED) is 0.855. The van der Waals surface area contributed by atoms with Gasteiger partial charge in [-0.1, -0.05) is 17.7 Å². The lowest BCUT2D eigenvalue weighted by Gasteiger charge is -2.30. The summed E-state index contributed by atoms with van der Waals surface area (Å²) in [4.78, 5) is 14.3. The summed E-state index contributed by atoms with van der Waals surface area (Å²) >= 11 is 5.94. The Hall–Kier alpha value is -1.88. The van der Waals surface area contributed by atoms with Gasteiger partial charge in [0.25, 0.3) is 5.91 Å². The SMILES string of the molecule is Cc1nnc(C2CCN(C(=O)c3cccc(Cl)c3)CC2)o1. The van der Waals surface area contributed by atoms with E-state index in [1.165, 1.54) is 0 Å². The molecular formula is C15H16ClN3O2. The molecule has 0 aliphatic carbocycles. The number of carbonyl (C=O) groups excluding carboxylic acids is 1. The number of hydrogen-bond acceptors (Lipinski definition) is 4. The molecule has 0 bridgehead atoms. The highest BCUT2D eigenvalue weighted by Crippen LogP contribution is 2.27. The maximum atomic E-state index is 12.4. The molecule has 110 valence electrons. The largest absolute Gasteiger partial charge is 0.425 e. The normalized spacial score (nSPS) is 16.2. The highest BCUT2D eigenvalue weighted by molar-refractivity contribution is 6.30. The summed E-state index contributed by atoms with van der Waals surface area (Å²) in [6.45, 7) is 3.17. The number of nitrogens with zero attached hydrogens (tertiary/aromatic N) is 3. The molecular weight excluding hydrogens is 290 g/mol. The van der Waals surface area contributed by atoms with Crippen molar-refractivity contribution in [3.05, 3.63) is 46.6 Å². The Balaban J connectivity index is 1.64. The standard InChI is InChI=1S/C15H16ClN3O2/c1-10-17-18-14(21-10)11-5-7-19(8-6-11)15(20)12-3-2-4-13(16)9-12/h2-4,9,11H,5-8H2,1H3. The third-order valence-electron chi connectivity index (χ3n) is 3.74. The number of amides is 1. The first-order valence-corrected chi connectivity index (χ1v) is 7.36. The summed E-state index contributed by atoms with van der Waals surface area (Å²) in [6.07, 6.45) is 1.68. The van der Waals surface area contributed by atoms with Crippen LogP contribution in [-0.2, 0) is 0 Å². The van der Waals surface area contributed by atoms with E-state index in [0.717, 1.165) is 12.8 Å². The molecule has 2 aromatic rings. The number of likely N-dealkylation sites (tertiary alicyclic amines) is 1. The number of benzene rings is 1. The van der Waals surface area contributed by atoms with Crippen molar-refractivity contribution >= 4 is 17.5 Å². The molecule has 0 atom stereocenters. The van der Waals surface area contributed by atoms with E-state index in [9.17, 15) is 4.79 Å². The van der Waals surface area contributed by atoms with E-state index < -0.39 is 0 Å². The van der Waals surface area contributed by atoms with Gasteiger partial charge in [0.05, 0.1) is 0 Å². The van der Waals surface area contributed by atoms with E-state index in [2.05, 4.69) is 10.2 Å². The van der Waals surface area contributed by atoms with Crippen LogP contribution in [0, 0.1) is 6.92 Å². The molecule has 1 amide bonds. The molecule has 1 aromatic heterocycles. The predicted octanol–water partition coefficient (Wildman–Crippen LogP) is 3.05. The smallest absolute Gasteiger partial charge is 0.253 e. The molecule has 5 nitrogen and oxygen atoms in total. The third kappa shape index (κ3) is 3.08. The van der Waals surface area contributed by atoms with Crippen LogP contribution in [0.4, 0.5) is 0 Å². The minimum absolute atomic E-state index is 0.0256. The maximum Gasteiger partial charge on any atom is 0.253 e. The highest BCUT2D eigenvalue weighted by atomic mass is 35.5. The van der Waals surface area contributed by atoms with E-state index >= 15 is 0 Å². The van der Waals surface area contributed by atoms with Crippen LogP contribution in [0.5, 0.6) is 0 Å². The Bertz CT molecular complexity index is 648. The van der Waals surface area contributed by atoms with Gasteiger partial charge < -0.3 is 9.32 Å². The lowest BCUT2D eigenvalue weighted by atomic mass is 9.96. The van der Waals surface area contributed by atoms with Gasteiger partial charge in [-0.05, 0) is 31.0 Å². The van der Waals surface area contributed by atoms with E-state index in [1.807, 2.05) is 4.90 Å². The fraction of sp³-hybridized carbons (Fsp3) is 0.400. The van der Waals surface area contributed by atoms with Crippen LogP contribution in [-0.4, -0.2) is 34.1 Å². The van der Waals surface area contributed by atoms with Gasteiger partial charge in [-0.25, -0.2) is 0 Å². The molecule has 0 N–H and O–H groups in total. The van der Waals surface area contributed by atoms with Crippen molar-refractivity contribution in [2.45, 2.75) is 25.7 Å². The first-order chi connectivity index (χ1) is 10.1. The maximum absolute atomic E-state index is 12.4. The van der Waals surface area contributed by atoms with Crippen molar-refractivity contribution in [3.8, 4) is 0 Å². The second-order valence-electron chi connectivity index (χ2n) is 5.24. The summed E-state index contributed by atoms with van der Waals surface area (Å²) in [7, 11) is 0. The lowest BCUT2D eigenvalue weighted by Crippen LogP contribution is -2.38. The van der Waals surface area contributed by atoms with Crippen molar-refractivity contribution in [2.24, 2.45) is 0 Å². The van der Waals surface area contributed by atoms with Gasteiger partial charge in [0.15, 0.2) is 0 Å². The molecule has 2 heterocycles. The molecule has 3 rings (SSSR count). The fourth-order valence-electron chi connectivity index (χ4n) is 2.61. The fourth-order valence-corrected chi connectivity index (χ4v) is 2.80. The molecule has 0 radical (unpaired) electrons. The van der Waals surface area contributed by atoms with Gasteiger partial charge in [-0.15, -0.1) is 10.2 Å². The number of carbonyl (C=O) groups is 1. The van der Waals surface area contributed by atoms with Crippen molar-refractivity contribution < 1.29 is 9.21 Å². The van der Waals surface area contributed by atoms with Crippen LogP contribution in [0.25, 0.3) is 0 Å².